The maximum atomic E-state index is 13.9. The lowest BCUT2D eigenvalue weighted by atomic mass is 10.1. The molecule has 0 saturated carbocycles. The monoisotopic (exact) mass is 609 g/mol. The number of nitrogens with one attached hydrogen (secondary N) is 1. The summed E-state index contributed by atoms with van der Waals surface area (Å²) in [6, 6.07) is 17.9. The molecule has 0 aliphatic heterocycles. The van der Waals surface area contributed by atoms with Crippen molar-refractivity contribution in [2.45, 2.75) is 44.2 Å². The van der Waals surface area contributed by atoms with Gasteiger partial charge in [-0.15, -0.1) is 0 Å². The van der Waals surface area contributed by atoms with Crippen molar-refractivity contribution >= 4 is 62.3 Å². The zero-order valence-electron chi connectivity index (χ0n) is 21.6. The van der Waals surface area contributed by atoms with Crippen LogP contribution in [0.4, 0.5) is 5.69 Å². The summed E-state index contributed by atoms with van der Waals surface area (Å²) in [6.07, 6.45) is 1.69. The first-order valence-electron chi connectivity index (χ1n) is 12.4. The van der Waals surface area contributed by atoms with E-state index in [-0.39, 0.29) is 23.0 Å². The van der Waals surface area contributed by atoms with Gasteiger partial charge in [-0.05, 0) is 67.4 Å². The normalized spacial score (nSPS) is 12.0. The second-order valence-corrected chi connectivity index (χ2v) is 12.0. The number of unbranched alkanes of at least 4 members (excludes halogenated alkanes) is 1. The summed E-state index contributed by atoms with van der Waals surface area (Å²) >= 11 is 18.5. The summed E-state index contributed by atoms with van der Waals surface area (Å²) in [6.45, 7) is 3.50. The Balaban J connectivity index is 2.01. The van der Waals surface area contributed by atoms with Crippen LogP contribution in [0.25, 0.3) is 0 Å². The van der Waals surface area contributed by atoms with Gasteiger partial charge in [-0.1, -0.05) is 72.4 Å². The van der Waals surface area contributed by atoms with Crippen LogP contribution in [0.15, 0.2) is 77.7 Å². The molecule has 39 heavy (non-hydrogen) atoms. The molecule has 11 heteroatoms. The zero-order valence-corrected chi connectivity index (χ0v) is 24.7. The van der Waals surface area contributed by atoms with E-state index in [1.54, 1.807) is 49.4 Å². The van der Waals surface area contributed by atoms with Crippen LogP contribution >= 0.6 is 34.8 Å². The van der Waals surface area contributed by atoms with Crippen LogP contribution in [-0.4, -0.2) is 44.3 Å². The van der Waals surface area contributed by atoms with E-state index >= 15 is 0 Å². The number of carbonyl (C=O) groups is 2. The van der Waals surface area contributed by atoms with Crippen molar-refractivity contribution in [2.24, 2.45) is 0 Å². The Labute approximate surface area is 244 Å². The van der Waals surface area contributed by atoms with Gasteiger partial charge in [-0.3, -0.25) is 13.9 Å². The fraction of sp³-hybridized carbons (Fsp3) is 0.286. The molecule has 0 radical (unpaired) electrons. The van der Waals surface area contributed by atoms with E-state index in [1.807, 2.05) is 6.92 Å². The Morgan fingerprint density at radius 1 is 0.923 bits per heavy atom. The second kappa shape index (κ2) is 14.0. The van der Waals surface area contributed by atoms with Gasteiger partial charge in [-0.2, -0.15) is 0 Å². The number of halogens is 3. The Bertz CT molecular complexity index is 1400. The Kier molecular flexibility index (Phi) is 11.1. The van der Waals surface area contributed by atoms with Crippen LogP contribution in [0.5, 0.6) is 0 Å². The zero-order chi connectivity index (χ0) is 28.6. The summed E-state index contributed by atoms with van der Waals surface area (Å²) in [4.78, 5) is 28.1. The van der Waals surface area contributed by atoms with Gasteiger partial charge in [0.2, 0.25) is 11.8 Å². The fourth-order valence-electron chi connectivity index (χ4n) is 3.82. The summed E-state index contributed by atoms with van der Waals surface area (Å²) in [5.41, 5.74) is 0.819. The van der Waals surface area contributed by atoms with Crippen LogP contribution < -0.4 is 9.62 Å². The number of hydrogen-bond acceptors (Lipinski definition) is 4. The smallest absolute Gasteiger partial charge is 0.264 e. The number of benzene rings is 3. The van der Waals surface area contributed by atoms with Gasteiger partial charge in [0.25, 0.3) is 10.0 Å². The minimum atomic E-state index is -4.22. The van der Waals surface area contributed by atoms with Crippen molar-refractivity contribution in [3.8, 4) is 0 Å². The van der Waals surface area contributed by atoms with Crippen molar-refractivity contribution in [3.63, 3.8) is 0 Å². The molecule has 0 saturated heterocycles. The van der Waals surface area contributed by atoms with Crippen LogP contribution in [0.3, 0.4) is 0 Å². The summed E-state index contributed by atoms with van der Waals surface area (Å²) < 4.78 is 28.5. The van der Waals surface area contributed by atoms with E-state index < -0.39 is 28.5 Å². The molecule has 0 spiro atoms. The third-order valence-corrected chi connectivity index (χ3v) is 8.72. The number of anilines is 1. The molecule has 208 valence electrons. The Morgan fingerprint density at radius 2 is 1.62 bits per heavy atom. The summed E-state index contributed by atoms with van der Waals surface area (Å²) in [5.74, 6) is -0.940. The standard InChI is InChI=1S/C28H30Cl3N3O4S/c1-3-4-16-32-28(36)20(2)33(18-21-8-5-6-11-26(21)31)27(35)19-34(24-10-7-9-23(30)17-24)39(37,38)25-14-12-22(29)13-15-25/h5-15,17,20H,3-4,16,18-19H2,1-2H3,(H,32,36). The summed E-state index contributed by atoms with van der Waals surface area (Å²) in [7, 11) is -4.22. The molecule has 0 fully saturated rings. The quantitative estimate of drug-likeness (QED) is 0.248. The van der Waals surface area contributed by atoms with Crippen molar-refractivity contribution in [1.82, 2.24) is 10.2 Å². The van der Waals surface area contributed by atoms with Crippen LogP contribution in [0.2, 0.25) is 15.1 Å². The van der Waals surface area contributed by atoms with Gasteiger partial charge in [-0.25, -0.2) is 8.42 Å². The van der Waals surface area contributed by atoms with Crippen LogP contribution in [0, 0.1) is 0 Å². The fourth-order valence-corrected chi connectivity index (χ4v) is 5.73. The van der Waals surface area contributed by atoms with Gasteiger partial charge in [0.1, 0.15) is 12.6 Å². The lowest BCUT2D eigenvalue weighted by Gasteiger charge is -2.32. The van der Waals surface area contributed by atoms with Crippen LogP contribution in [-0.2, 0) is 26.2 Å². The number of nitrogens with zero attached hydrogens (tertiary/aromatic N) is 2. The van der Waals surface area contributed by atoms with E-state index in [9.17, 15) is 18.0 Å². The minimum absolute atomic E-state index is 0.00521. The average Bonchev–Trinajstić information content (AvgIpc) is 2.91. The highest BCUT2D eigenvalue weighted by atomic mass is 35.5. The minimum Gasteiger partial charge on any atom is -0.354 e. The van der Waals surface area contributed by atoms with Crippen molar-refractivity contribution < 1.29 is 18.0 Å². The first-order valence-corrected chi connectivity index (χ1v) is 15.0. The highest BCUT2D eigenvalue weighted by Crippen LogP contribution is 2.28. The lowest BCUT2D eigenvalue weighted by molar-refractivity contribution is -0.139. The molecule has 2 amide bonds. The number of carbonyl (C=O) groups excluding carboxylic acids is 2. The highest BCUT2D eigenvalue weighted by Gasteiger charge is 2.32. The SMILES string of the molecule is CCCCNC(=O)C(C)N(Cc1ccccc1Cl)C(=O)CN(c1cccc(Cl)c1)S(=O)(=O)c1ccc(Cl)cc1. The molecule has 0 bridgehead atoms. The molecule has 0 aromatic heterocycles. The Morgan fingerprint density at radius 3 is 2.26 bits per heavy atom. The molecule has 1 unspecified atom stereocenters. The Hall–Kier alpha value is -2.78. The highest BCUT2D eigenvalue weighted by molar-refractivity contribution is 7.92. The lowest BCUT2D eigenvalue weighted by Crippen LogP contribution is -2.51. The van der Waals surface area contributed by atoms with Gasteiger partial charge >= 0.3 is 0 Å². The van der Waals surface area contributed by atoms with Crippen molar-refractivity contribution in [2.75, 3.05) is 17.4 Å². The maximum Gasteiger partial charge on any atom is 0.264 e. The predicted octanol–water partition coefficient (Wildman–Crippen LogP) is 6.18. The third kappa shape index (κ3) is 8.11. The number of rotatable bonds is 12. The van der Waals surface area contributed by atoms with E-state index in [4.69, 9.17) is 34.8 Å². The van der Waals surface area contributed by atoms with Crippen LogP contribution in [0.1, 0.15) is 32.3 Å². The first-order chi connectivity index (χ1) is 18.5. The number of hydrogen-bond donors (Lipinski definition) is 1. The predicted molar refractivity (Wildman–Crippen MR) is 157 cm³/mol. The van der Waals surface area contributed by atoms with Crippen molar-refractivity contribution in [3.05, 3.63) is 93.4 Å². The van der Waals surface area contributed by atoms with E-state index in [0.29, 0.717) is 27.2 Å². The van der Waals surface area contributed by atoms with E-state index in [0.717, 1.165) is 17.1 Å². The second-order valence-electron chi connectivity index (χ2n) is 8.88. The molecule has 3 aromatic carbocycles. The molecule has 3 rings (SSSR count). The molecule has 0 heterocycles. The molecule has 0 aliphatic carbocycles. The molecular formula is C28H30Cl3N3O4S. The van der Waals surface area contributed by atoms with Gasteiger partial charge in [0, 0.05) is 28.2 Å². The van der Waals surface area contributed by atoms with Gasteiger partial charge < -0.3 is 10.2 Å². The molecule has 3 aromatic rings. The van der Waals surface area contributed by atoms with E-state index in [2.05, 4.69) is 5.32 Å². The third-order valence-electron chi connectivity index (χ3n) is 6.07. The molecule has 0 aliphatic rings. The molecule has 1 N–H and O–H groups in total. The average molecular weight is 611 g/mol. The maximum absolute atomic E-state index is 13.9. The van der Waals surface area contributed by atoms with E-state index in [1.165, 1.54) is 35.2 Å². The summed E-state index contributed by atoms with van der Waals surface area (Å²) in [5, 5.41) is 3.94. The molecular weight excluding hydrogens is 581 g/mol. The van der Waals surface area contributed by atoms with Gasteiger partial charge in [0.05, 0.1) is 10.6 Å². The molecule has 7 nitrogen and oxygen atoms in total. The number of amides is 2. The first kappa shape index (κ1) is 30.8. The van der Waals surface area contributed by atoms with Crippen molar-refractivity contribution in [1.29, 1.82) is 0 Å². The topological polar surface area (TPSA) is 86.8 Å². The largest absolute Gasteiger partial charge is 0.354 e. The molecule has 1 atom stereocenters. The van der Waals surface area contributed by atoms with Gasteiger partial charge in [0.15, 0.2) is 0 Å². The number of sulfonamides is 1.